The first-order valence-electron chi connectivity index (χ1n) is 4.68. The Balaban J connectivity index is 2.84. The van der Waals surface area contributed by atoms with Gasteiger partial charge in [-0.2, -0.15) is 0 Å². The first-order chi connectivity index (χ1) is 7.63. The minimum atomic E-state index is -0.549. The molecule has 82 valence electrons. The highest BCUT2D eigenvalue weighted by molar-refractivity contribution is 6.31. The van der Waals surface area contributed by atoms with Gasteiger partial charge in [-0.1, -0.05) is 17.7 Å². The number of hydrogen-bond donors (Lipinski definition) is 1. The number of hydrogen-bond acceptors (Lipinski definition) is 3. The van der Waals surface area contributed by atoms with Crippen LogP contribution in [0.4, 0.5) is 0 Å². The summed E-state index contributed by atoms with van der Waals surface area (Å²) in [6.45, 7) is 3.52. The molecule has 0 saturated heterocycles. The van der Waals surface area contributed by atoms with Gasteiger partial charge in [0.05, 0.1) is 10.9 Å². The smallest absolute Gasteiger partial charge is 0.343 e. The van der Waals surface area contributed by atoms with Crippen LogP contribution in [0.3, 0.4) is 0 Å². The van der Waals surface area contributed by atoms with E-state index in [9.17, 15) is 9.90 Å². The molecule has 0 spiro atoms. The lowest BCUT2D eigenvalue weighted by atomic mass is 10.1. The van der Waals surface area contributed by atoms with Crippen molar-refractivity contribution in [3.8, 4) is 5.75 Å². The Hall–Kier alpha value is -1.74. The third kappa shape index (κ3) is 1.70. The molecule has 1 heterocycles. The molecule has 0 saturated carbocycles. The zero-order valence-electron chi connectivity index (χ0n) is 8.37. The van der Waals surface area contributed by atoms with Crippen molar-refractivity contribution >= 4 is 22.6 Å². The van der Waals surface area contributed by atoms with Gasteiger partial charge in [-0.3, -0.25) is 0 Å². The normalized spacial score (nSPS) is 10.6. The molecule has 0 amide bonds. The van der Waals surface area contributed by atoms with Crippen LogP contribution in [0.25, 0.3) is 11.0 Å². The summed E-state index contributed by atoms with van der Waals surface area (Å²) in [4.78, 5) is 11.5. The highest BCUT2D eigenvalue weighted by Gasteiger charge is 2.12. The molecule has 0 aliphatic heterocycles. The predicted molar refractivity (Wildman–Crippen MR) is 63.1 cm³/mol. The lowest BCUT2D eigenvalue weighted by Gasteiger charge is -2.04. The minimum Gasteiger partial charge on any atom is -0.507 e. The standard InChI is InChI=1S/C12H9ClO3/c1-2-3-8-11(14)9-6-7(13)4-5-10(9)16-12(8)15/h2,4-6,14H,1,3H2. The fourth-order valence-corrected chi connectivity index (χ4v) is 1.69. The Morgan fingerprint density at radius 2 is 2.25 bits per heavy atom. The quantitative estimate of drug-likeness (QED) is 0.644. The number of halogens is 1. The molecule has 1 aromatic heterocycles. The van der Waals surface area contributed by atoms with Gasteiger partial charge < -0.3 is 9.52 Å². The number of aromatic hydroxyl groups is 1. The van der Waals surface area contributed by atoms with E-state index >= 15 is 0 Å². The van der Waals surface area contributed by atoms with Crippen LogP contribution < -0.4 is 5.63 Å². The molecule has 0 unspecified atom stereocenters. The third-order valence-corrected chi connectivity index (χ3v) is 2.52. The van der Waals surface area contributed by atoms with Crippen molar-refractivity contribution in [2.45, 2.75) is 6.42 Å². The monoisotopic (exact) mass is 236 g/mol. The molecule has 0 radical (unpaired) electrons. The summed E-state index contributed by atoms with van der Waals surface area (Å²) < 4.78 is 5.06. The molecule has 0 fully saturated rings. The molecule has 3 nitrogen and oxygen atoms in total. The van der Waals surface area contributed by atoms with E-state index < -0.39 is 5.63 Å². The summed E-state index contributed by atoms with van der Waals surface area (Å²) >= 11 is 5.81. The Morgan fingerprint density at radius 3 is 2.94 bits per heavy atom. The average Bonchev–Trinajstić information content (AvgIpc) is 2.26. The molecule has 0 aliphatic carbocycles. The molecule has 1 aromatic carbocycles. The topological polar surface area (TPSA) is 50.4 Å². The molecular weight excluding hydrogens is 228 g/mol. The van der Waals surface area contributed by atoms with E-state index in [2.05, 4.69) is 6.58 Å². The van der Waals surface area contributed by atoms with Crippen LogP contribution in [0.1, 0.15) is 5.56 Å². The van der Waals surface area contributed by atoms with Gasteiger partial charge in [-0.15, -0.1) is 6.58 Å². The maximum absolute atomic E-state index is 11.5. The van der Waals surface area contributed by atoms with Crippen LogP contribution in [0.2, 0.25) is 5.02 Å². The van der Waals surface area contributed by atoms with Crippen molar-refractivity contribution in [3.63, 3.8) is 0 Å². The first kappa shape index (κ1) is 10.8. The average molecular weight is 237 g/mol. The number of allylic oxidation sites excluding steroid dienone is 1. The van der Waals surface area contributed by atoms with Gasteiger partial charge in [0.25, 0.3) is 0 Å². The van der Waals surface area contributed by atoms with E-state index in [1.165, 1.54) is 6.08 Å². The van der Waals surface area contributed by atoms with Crippen LogP contribution in [0.15, 0.2) is 40.1 Å². The van der Waals surface area contributed by atoms with Gasteiger partial charge in [0.2, 0.25) is 0 Å². The lowest BCUT2D eigenvalue weighted by molar-refractivity contribution is 0.459. The number of rotatable bonds is 2. The van der Waals surface area contributed by atoms with E-state index in [-0.39, 0.29) is 17.7 Å². The summed E-state index contributed by atoms with van der Waals surface area (Å²) in [5.41, 5.74) is -0.0308. The zero-order valence-corrected chi connectivity index (χ0v) is 9.12. The van der Waals surface area contributed by atoms with Gasteiger partial charge in [0.15, 0.2) is 0 Å². The van der Waals surface area contributed by atoms with Crippen molar-refractivity contribution in [2.75, 3.05) is 0 Å². The summed E-state index contributed by atoms with van der Waals surface area (Å²) in [5.74, 6) is -0.0892. The molecule has 16 heavy (non-hydrogen) atoms. The van der Waals surface area contributed by atoms with Gasteiger partial charge in [-0.05, 0) is 18.2 Å². The highest BCUT2D eigenvalue weighted by Crippen LogP contribution is 2.28. The lowest BCUT2D eigenvalue weighted by Crippen LogP contribution is -2.06. The highest BCUT2D eigenvalue weighted by atomic mass is 35.5. The van der Waals surface area contributed by atoms with Gasteiger partial charge in [-0.25, -0.2) is 4.79 Å². The minimum absolute atomic E-state index is 0.0892. The SMILES string of the molecule is C=CCc1c(O)c2cc(Cl)ccc2oc1=O. The van der Waals surface area contributed by atoms with Crippen molar-refractivity contribution in [1.29, 1.82) is 0 Å². The predicted octanol–water partition coefficient (Wildman–Crippen LogP) is 2.88. The van der Waals surface area contributed by atoms with Crippen LogP contribution >= 0.6 is 11.6 Å². The van der Waals surface area contributed by atoms with Gasteiger partial charge in [0.1, 0.15) is 11.3 Å². The fourth-order valence-electron chi connectivity index (χ4n) is 1.52. The molecule has 0 atom stereocenters. The Bertz CT molecular complexity index is 613. The Labute approximate surface area is 96.6 Å². The van der Waals surface area contributed by atoms with Crippen LogP contribution in [0, 0.1) is 0 Å². The van der Waals surface area contributed by atoms with Crippen LogP contribution in [0.5, 0.6) is 5.75 Å². The maximum Gasteiger partial charge on any atom is 0.343 e. The van der Waals surface area contributed by atoms with Gasteiger partial charge >= 0.3 is 5.63 Å². The molecule has 4 heteroatoms. The largest absolute Gasteiger partial charge is 0.507 e. The molecule has 1 N–H and O–H groups in total. The Kier molecular flexibility index (Phi) is 2.71. The maximum atomic E-state index is 11.5. The third-order valence-electron chi connectivity index (χ3n) is 2.28. The second-order valence-electron chi connectivity index (χ2n) is 3.35. The van der Waals surface area contributed by atoms with Crippen molar-refractivity contribution in [1.82, 2.24) is 0 Å². The summed E-state index contributed by atoms with van der Waals surface area (Å²) in [5, 5.41) is 10.8. The van der Waals surface area contributed by atoms with E-state index in [0.29, 0.717) is 16.0 Å². The second kappa shape index (κ2) is 4.02. The van der Waals surface area contributed by atoms with E-state index in [0.717, 1.165) is 0 Å². The summed E-state index contributed by atoms with van der Waals surface area (Å²) in [6.07, 6.45) is 1.79. The van der Waals surface area contributed by atoms with E-state index in [1.807, 2.05) is 0 Å². The Morgan fingerprint density at radius 1 is 1.50 bits per heavy atom. The summed E-state index contributed by atoms with van der Waals surface area (Å²) in [6, 6.07) is 4.71. The fraction of sp³-hybridized carbons (Fsp3) is 0.0833. The summed E-state index contributed by atoms with van der Waals surface area (Å²) in [7, 11) is 0. The van der Waals surface area contributed by atoms with Crippen LogP contribution in [-0.2, 0) is 6.42 Å². The molecule has 2 rings (SSSR count). The molecule has 2 aromatic rings. The van der Waals surface area contributed by atoms with Crippen molar-refractivity contribution in [3.05, 3.63) is 51.9 Å². The zero-order chi connectivity index (χ0) is 11.7. The number of benzene rings is 1. The first-order valence-corrected chi connectivity index (χ1v) is 5.06. The van der Waals surface area contributed by atoms with Crippen molar-refractivity contribution < 1.29 is 9.52 Å². The van der Waals surface area contributed by atoms with E-state index in [1.54, 1.807) is 18.2 Å². The van der Waals surface area contributed by atoms with Crippen molar-refractivity contribution in [2.24, 2.45) is 0 Å². The number of fused-ring (bicyclic) bond motifs is 1. The molecule has 0 aliphatic rings. The van der Waals surface area contributed by atoms with Crippen LogP contribution in [-0.4, -0.2) is 5.11 Å². The molecule has 0 bridgehead atoms. The molecular formula is C12H9ClO3. The van der Waals surface area contributed by atoms with Gasteiger partial charge in [0, 0.05) is 11.4 Å². The second-order valence-corrected chi connectivity index (χ2v) is 3.79. The van der Waals surface area contributed by atoms with E-state index in [4.69, 9.17) is 16.0 Å².